The first kappa shape index (κ1) is 18.1. The summed E-state index contributed by atoms with van der Waals surface area (Å²) < 4.78 is 21.2. The molecule has 1 amide bonds. The molecule has 0 saturated carbocycles. The minimum atomic E-state index is -0.327. The SMILES string of the molecule is COc1ccc(C(=O)N(CCn2cccn2)c2nc3ccc(F)cc3s2)cc1. The molecule has 4 rings (SSSR count). The van der Waals surface area contributed by atoms with E-state index in [9.17, 15) is 9.18 Å². The molecule has 4 aromatic rings. The van der Waals surface area contributed by atoms with E-state index < -0.39 is 0 Å². The minimum Gasteiger partial charge on any atom is -0.497 e. The summed E-state index contributed by atoms with van der Waals surface area (Å²) in [6.45, 7) is 0.897. The van der Waals surface area contributed by atoms with Crippen LogP contribution in [-0.2, 0) is 6.54 Å². The first-order valence-corrected chi connectivity index (χ1v) is 9.45. The standard InChI is InChI=1S/C20H17FN4O2S/c1-27-16-6-3-14(4-7-16)19(26)25(12-11-24-10-2-9-22-24)20-23-17-8-5-15(21)13-18(17)28-20/h2-10,13H,11-12H2,1H3. The van der Waals surface area contributed by atoms with Gasteiger partial charge in [0.2, 0.25) is 0 Å². The van der Waals surface area contributed by atoms with Crippen LogP contribution in [0, 0.1) is 5.82 Å². The van der Waals surface area contributed by atoms with Crippen molar-refractivity contribution in [3.05, 3.63) is 72.3 Å². The lowest BCUT2D eigenvalue weighted by Gasteiger charge is -2.20. The van der Waals surface area contributed by atoms with Gasteiger partial charge in [0.25, 0.3) is 5.91 Å². The van der Waals surface area contributed by atoms with Gasteiger partial charge in [0.1, 0.15) is 11.6 Å². The van der Waals surface area contributed by atoms with Gasteiger partial charge < -0.3 is 4.74 Å². The Balaban J connectivity index is 1.67. The van der Waals surface area contributed by atoms with Gasteiger partial charge >= 0.3 is 0 Å². The summed E-state index contributed by atoms with van der Waals surface area (Å²) in [6.07, 6.45) is 3.53. The molecule has 0 atom stereocenters. The Labute approximate surface area is 164 Å². The second-order valence-electron chi connectivity index (χ2n) is 6.06. The van der Waals surface area contributed by atoms with Crippen molar-refractivity contribution < 1.29 is 13.9 Å². The molecule has 2 aromatic carbocycles. The molecular formula is C20H17FN4O2S. The van der Waals surface area contributed by atoms with Crippen LogP contribution in [0.25, 0.3) is 10.2 Å². The molecular weight excluding hydrogens is 379 g/mol. The average Bonchev–Trinajstić information content (AvgIpc) is 3.37. The van der Waals surface area contributed by atoms with E-state index >= 15 is 0 Å². The fourth-order valence-corrected chi connectivity index (χ4v) is 3.83. The first-order valence-electron chi connectivity index (χ1n) is 8.63. The fourth-order valence-electron chi connectivity index (χ4n) is 2.81. The Bertz CT molecular complexity index is 1090. The molecule has 0 unspecified atom stereocenters. The molecule has 0 aliphatic heterocycles. The van der Waals surface area contributed by atoms with Crippen LogP contribution in [0.15, 0.2) is 60.9 Å². The number of anilines is 1. The number of halogens is 1. The van der Waals surface area contributed by atoms with Gasteiger partial charge in [0, 0.05) is 24.5 Å². The number of benzene rings is 2. The van der Waals surface area contributed by atoms with Gasteiger partial charge in [-0.1, -0.05) is 11.3 Å². The van der Waals surface area contributed by atoms with Gasteiger partial charge in [0.05, 0.1) is 23.9 Å². The van der Waals surface area contributed by atoms with E-state index in [0.29, 0.717) is 39.8 Å². The number of amides is 1. The Morgan fingerprint density at radius 3 is 2.79 bits per heavy atom. The molecule has 28 heavy (non-hydrogen) atoms. The monoisotopic (exact) mass is 396 g/mol. The number of hydrogen-bond acceptors (Lipinski definition) is 5. The van der Waals surface area contributed by atoms with Gasteiger partial charge in [-0.3, -0.25) is 14.4 Å². The van der Waals surface area contributed by atoms with E-state index in [4.69, 9.17) is 4.74 Å². The lowest BCUT2D eigenvalue weighted by Crippen LogP contribution is -2.34. The maximum atomic E-state index is 13.6. The molecule has 0 spiro atoms. The molecule has 0 fully saturated rings. The highest BCUT2D eigenvalue weighted by atomic mass is 32.1. The van der Waals surface area contributed by atoms with Crippen LogP contribution in [0.3, 0.4) is 0 Å². The summed E-state index contributed by atoms with van der Waals surface area (Å²) in [5.74, 6) is 0.164. The van der Waals surface area contributed by atoms with E-state index in [1.54, 1.807) is 53.2 Å². The zero-order valence-electron chi connectivity index (χ0n) is 15.1. The van der Waals surface area contributed by atoms with Crippen LogP contribution in [-0.4, -0.2) is 34.3 Å². The van der Waals surface area contributed by atoms with Crippen LogP contribution in [0.1, 0.15) is 10.4 Å². The van der Waals surface area contributed by atoms with Gasteiger partial charge in [0.15, 0.2) is 5.13 Å². The molecule has 0 aliphatic carbocycles. The van der Waals surface area contributed by atoms with Gasteiger partial charge in [-0.25, -0.2) is 9.37 Å². The van der Waals surface area contributed by atoms with Crippen LogP contribution >= 0.6 is 11.3 Å². The second-order valence-corrected chi connectivity index (χ2v) is 7.07. The maximum Gasteiger partial charge on any atom is 0.260 e. The predicted molar refractivity (Wildman–Crippen MR) is 106 cm³/mol. The summed E-state index contributed by atoms with van der Waals surface area (Å²) in [5, 5.41) is 4.71. The zero-order chi connectivity index (χ0) is 19.5. The lowest BCUT2D eigenvalue weighted by molar-refractivity contribution is 0.0985. The van der Waals surface area contributed by atoms with Crippen molar-refractivity contribution in [2.24, 2.45) is 0 Å². The van der Waals surface area contributed by atoms with Crippen molar-refractivity contribution in [2.75, 3.05) is 18.6 Å². The third-order valence-electron chi connectivity index (χ3n) is 4.26. The highest BCUT2D eigenvalue weighted by Gasteiger charge is 2.21. The quantitative estimate of drug-likeness (QED) is 0.495. The van der Waals surface area contributed by atoms with Crippen molar-refractivity contribution >= 4 is 32.6 Å². The summed E-state index contributed by atoms with van der Waals surface area (Å²) >= 11 is 1.29. The molecule has 8 heteroatoms. The number of aromatic nitrogens is 3. The second kappa shape index (κ2) is 7.77. The molecule has 2 heterocycles. The minimum absolute atomic E-state index is 0.186. The number of fused-ring (bicyclic) bond motifs is 1. The van der Waals surface area contributed by atoms with E-state index in [1.165, 1.54) is 23.5 Å². The Morgan fingerprint density at radius 2 is 2.07 bits per heavy atom. The smallest absolute Gasteiger partial charge is 0.260 e. The maximum absolute atomic E-state index is 13.6. The van der Waals surface area contributed by atoms with E-state index in [-0.39, 0.29) is 11.7 Å². The molecule has 142 valence electrons. The average molecular weight is 396 g/mol. The lowest BCUT2D eigenvalue weighted by atomic mass is 10.2. The van der Waals surface area contributed by atoms with Gasteiger partial charge in [-0.2, -0.15) is 5.10 Å². The number of methoxy groups -OCH3 is 1. The molecule has 0 N–H and O–H groups in total. The Morgan fingerprint density at radius 1 is 1.25 bits per heavy atom. The zero-order valence-corrected chi connectivity index (χ0v) is 15.9. The molecule has 0 saturated heterocycles. The number of hydrogen-bond donors (Lipinski definition) is 0. The van der Waals surface area contributed by atoms with Crippen LogP contribution in [0.5, 0.6) is 5.75 Å². The largest absolute Gasteiger partial charge is 0.497 e. The highest BCUT2D eigenvalue weighted by molar-refractivity contribution is 7.22. The fraction of sp³-hybridized carbons (Fsp3) is 0.150. The van der Waals surface area contributed by atoms with Crippen LogP contribution < -0.4 is 9.64 Å². The van der Waals surface area contributed by atoms with Crippen molar-refractivity contribution in [1.82, 2.24) is 14.8 Å². The number of carbonyl (C=O) groups excluding carboxylic acids is 1. The molecule has 0 bridgehead atoms. The van der Waals surface area contributed by atoms with E-state index in [1.807, 2.05) is 12.3 Å². The Hall–Kier alpha value is -3.26. The normalized spacial score (nSPS) is 10.9. The highest BCUT2D eigenvalue weighted by Crippen LogP contribution is 2.30. The number of thiazole rings is 1. The number of nitrogens with zero attached hydrogens (tertiary/aromatic N) is 4. The molecule has 0 aliphatic rings. The topological polar surface area (TPSA) is 60.2 Å². The number of carbonyl (C=O) groups is 1. The summed E-state index contributed by atoms with van der Waals surface area (Å²) in [7, 11) is 1.58. The van der Waals surface area contributed by atoms with Gasteiger partial charge in [-0.05, 0) is 48.5 Å². The summed E-state index contributed by atoms with van der Waals surface area (Å²) in [5.41, 5.74) is 1.18. The third kappa shape index (κ3) is 3.72. The van der Waals surface area contributed by atoms with Crippen molar-refractivity contribution in [2.45, 2.75) is 6.54 Å². The molecule has 6 nitrogen and oxygen atoms in total. The van der Waals surface area contributed by atoms with Gasteiger partial charge in [-0.15, -0.1) is 0 Å². The number of ether oxygens (including phenoxy) is 1. The van der Waals surface area contributed by atoms with Crippen molar-refractivity contribution in [3.8, 4) is 5.75 Å². The third-order valence-corrected chi connectivity index (χ3v) is 5.31. The van der Waals surface area contributed by atoms with Crippen molar-refractivity contribution in [1.29, 1.82) is 0 Å². The van der Waals surface area contributed by atoms with E-state index in [0.717, 1.165) is 0 Å². The summed E-state index contributed by atoms with van der Waals surface area (Å²) in [4.78, 5) is 19.3. The summed E-state index contributed by atoms with van der Waals surface area (Å²) in [6, 6.07) is 13.2. The number of rotatable bonds is 6. The van der Waals surface area contributed by atoms with Crippen LogP contribution in [0.4, 0.5) is 9.52 Å². The first-order chi connectivity index (χ1) is 13.6. The van der Waals surface area contributed by atoms with Crippen molar-refractivity contribution in [3.63, 3.8) is 0 Å². The predicted octanol–water partition coefficient (Wildman–Crippen LogP) is 3.99. The Kier molecular flexibility index (Phi) is 5.03. The van der Waals surface area contributed by atoms with E-state index in [2.05, 4.69) is 10.1 Å². The molecule has 2 aromatic heterocycles. The molecule has 0 radical (unpaired) electrons. The van der Waals surface area contributed by atoms with Crippen LogP contribution in [0.2, 0.25) is 0 Å².